The molecule has 1 spiro atoms. The molecule has 0 aliphatic carbocycles. The van der Waals surface area contributed by atoms with Crippen LogP contribution >= 0.6 is 0 Å². The van der Waals surface area contributed by atoms with E-state index in [-0.39, 0.29) is 17.1 Å². The number of nitrogens with one attached hydrogen (secondary N) is 1. The third kappa shape index (κ3) is 3.65. The molecule has 0 bridgehead atoms. The average Bonchev–Trinajstić information content (AvgIpc) is 2.78. The molecular formula is C25H26N2O4. The summed E-state index contributed by atoms with van der Waals surface area (Å²) in [5.41, 5.74) is 1.77. The Bertz CT molecular complexity index is 1080. The summed E-state index contributed by atoms with van der Waals surface area (Å²) in [7, 11) is 0. The van der Waals surface area contributed by atoms with Crippen molar-refractivity contribution in [1.82, 2.24) is 5.32 Å². The second-order valence-electron chi connectivity index (χ2n) is 8.40. The maximum absolute atomic E-state index is 13.7. The minimum atomic E-state index is -0.975. The lowest BCUT2D eigenvalue weighted by Crippen LogP contribution is -2.58. The van der Waals surface area contributed by atoms with Crippen molar-refractivity contribution in [3.63, 3.8) is 0 Å². The van der Waals surface area contributed by atoms with E-state index in [1.807, 2.05) is 19.9 Å². The third-order valence-electron chi connectivity index (χ3n) is 6.49. The molecule has 2 unspecified atom stereocenters. The van der Waals surface area contributed by atoms with Gasteiger partial charge in [0.15, 0.2) is 11.6 Å². The molecule has 2 heterocycles. The van der Waals surface area contributed by atoms with Gasteiger partial charge in [0.2, 0.25) is 0 Å². The molecule has 2 atom stereocenters. The molecule has 160 valence electrons. The average molecular weight is 418 g/mol. The Hall–Kier alpha value is -3.01. The first-order chi connectivity index (χ1) is 14.9. The van der Waals surface area contributed by atoms with Gasteiger partial charge in [-0.2, -0.15) is 5.26 Å². The Balaban J connectivity index is 1.78. The second kappa shape index (κ2) is 8.26. The number of rotatable bonds is 4. The summed E-state index contributed by atoms with van der Waals surface area (Å²) in [6.45, 7) is 5.07. The lowest BCUT2D eigenvalue weighted by molar-refractivity contribution is -0.0138. The van der Waals surface area contributed by atoms with Gasteiger partial charge in [-0.25, -0.2) is 0 Å². The molecule has 0 amide bonds. The van der Waals surface area contributed by atoms with E-state index in [0.717, 1.165) is 11.1 Å². The standard InChI is InChI=1S/C25H26N2O4/c1-3-20(28)18-6-5-17(12-15(18)2)23(29)22-24(30)19-13-16(14-26)4-7-21(19)31-25(22)8-10-27-11-9-25/h4-7,12-13,20,22,27-28H,3,8-11H2,1-2H3. The Morgan fingerprint density at radius 2 is 2.03 bits per heavy atom. The third-order valence-corrected chi connectivity index (χ3v) is 6.49. The Morgan fingerprint density at radius 1 is 1.29 bits per heavy atom. The smallest absolute Gasteiger partial charge is 0.181 e. The number of hydrogen-bond acceptors (Lipinski definition) is 6. The summed E-state index contributed by atoms with van der Waals surface area (Å²) in [6.07, 6.45) is 1.08. The highest BCUT2D eigenvalue weighted by Crippen LogP contribution is 2.43. The predicted octanol–water partition coefficient (Wildman–Crippen LogP) is 3.51. The summed E-state index contributed by atoms with van der Waals surface area (Å²) in [6, 6.07) is 12.0. The van der Waals surface area contributed by atoms with Crippen molar-refractivity contribution < 1.29 is 19.4 Å². The summed E-state index contributed by atoms with van der Waals surface area (Å²) >= 11 is 0. The number of ether oxygens (including phenoxy) is 1. The van der Waals surface area contributed by atoms with Crippen LogP contribution in [-0.4, -0.2) is 35.4 Å². The molecule has 1 fully saturated rings. The number of Topliss-reactive ketones (excluding diaryl/α,β-unsaturated/α-hetero) is 2. The van der Waals surface area contributed by atoms with E-state index in [1.54, 1.807) is 30.3 Å². The van der Waals surface area contributed by atoms with E-state index >= 15 is 0 Å². The van der Waals surface area contributed by atoms with Crippen LogP contribution in [0.4, 0.5) is 0 Å². The SMILES string of the molecule is CCC(O)c1ccc(C(=O)C2C(=O)c3cc(C#N)ccc3OC23CCNCC3)cc1C. The van der Waals surface area contributed by atoms with Crippen molar-refractivity contribution in [2.75, 3.05) is 13.1 Å². The number of hydrogen-bond donors (Lipinski definition) is 2. The van der Waals surface area contributed by atoms with Crippen LogP contribution in [-0.2, 0) is 0 Å². The highest BCUT2D eigenvalue weighted by Gasteiger charge is 2.53. The molecule has 1 saturated heterocycles. The van der Waals surface area contributed by atoms with Gasteiger partial charge in [0.1, 0.15) is 17.3 Å². The van der Waals surface area contributed by atoms with Crippen molar-refractivity contribution in [2.24, 2.45) is 5.92 Å². The van der Waals surface area contributed by atoms with Crippen LogP contribution in [0.25, 0.3) is 0 Å². The van der Waals surface area contributed by atoms with Gasteiger partial charge >= 0.3 is 0 Å². The van der Waals surface area contributed by atoms with E-state index in [2.05, 4.69) is 5.32 Å². The first kappa shape index (κ1) is 21.2. The first-order valence-corrected chi connectivity index (χ1v) is 10.7. The first-order valence-electron chi connectivity index (χ1n) is 10.7. The number of aryl methyl sites for hydroxylation is 1. The van der Waals surface area contributed by atoms with E-state index in [1.165, 1.54) is 6.07 Å². The number of carbonyl (C=O) groups is 2. The number of nitriles is 1. The fourth-order valence-electron chi connectivity index (χ4n) is 4.74. The topological polar surface area (TPSA) is 99.4 Å². The van der Waals surface area contributed by atoms with Crippen molar-refractivity contribution in [1.29, 1.82) is 5.26 Å². The van der Waals surface area contributed by atoms with Crippen molar-refractivity contribution in [3.05, 3.63) is 64.2 Å². The lowest BCUT2D eigenvalue weighted by atomic mass is 9.70. The number of fused-ring (bicyclic) bond motifs is 1. The van der Waals surface area contributed by atoms with Crippen LogP contribution in [0, 0.1) is 24.2 Å². The maximum Gasteiger partial charge on any atom is 0.181 e. The molecule has 31 heavy (non-hydrogen) atoms. The molecular weight excluding hydrogens is 392 g/mol. The van der Waals surface area contributed by atoms with Gasteiger partial charge in [-0.05, 0) is 61.8 Å². The molecule has 0 saturated carbocycles. The van der Waals surface area contributed by atoms with Gasteiger partial charge in [0.05, 0.1) is 23.3 Å². The van der Waals surface area contributed by atoms with Gasteiger partial charge in [-0.3, -0.25) is 9.59 Å². The van der Waals surface area contributed by atoms with Gasteiger partial charge < -0.3 is 15.2 Å². The Labute approximate surface area is 181 Å². The van der Waals surface area contributed by atoms with Crippen LogP contribution in [0.15, 0.2) is 36.4 Å². The van der Waals surface area contributed by atoms with Crippen LogP contribution in [0.2, 0.25) is 0 Å². The largest absolute Gasteiger partial charge is 0.485 e. The van der Waals surface area contributed by atoms with Crippen LogP contribution in [0.5, 0.6) is 5.75 Å². The number of benzene rings is 2. The van der Waals surface area contributed by atoms with E-state index in [4.69, 9.17) is 4.74 Å². The van der Waals surface area contributed by atoms with Crippen LogP contribution in [0.1, 0.15) is 69.7 Å². The van der Waals surface area contributed by atoms with Gasteiger partial charge in [-0.1, -0.05) is 19.1 Å². The van der Waals surface area contributed by atoms with Crippen molar-refractivity contribution in [3.8, 4) is 11.8 Å². The summed E-state index contributed by atoms with van der Waals surface area (Å²) in [4.78, 5) is 27.3. The summed E-state index contributed by atoms with van der Waals surface area (Å²) in [5, 5.41) is 22.7. The molecule has 0 radical (unpaired) electrons. The van der Waals surface area contributed by atoms with E-state index in [0.29, 0.717) is 49.2 Å². The fraction of sp³-hybridized carbons (Fsp3) is 0.400. The predicted molar refractivity (Wildman–Crippen MR) is 115 cm³/mol. The zero-order valence-corrected chi connectivity index (χ0v) is 17.8. The quantitative estimate of drug-likeness (QED) is 0.582. The number of nitrogens with zero attached hydrogens (tertiary/aromatic N) is 1. The monoisotopic (exact) mass is 418 g/mol. The minimum absolute atomic E-state index is 0.277. The number of piperidine rings is 1. The molecule has 6 nitrogen and oxygen atoms in total. The van der Waals surface area contributed by atoms with Gasteiger partial charge in [-0.15, -0.1) is 0 Å². The van der Waals surface area contributed by atoms with Crippen molar-refractivity contribution >= 4 is 11.6 Å². The van der Waals surface area contributed by atoms with Crippen LogP contribution < -0.4 is 10.1 Å². The zero-order valence-electron chi connectivity index (χ0n) is 17.8. The maximum atomic E-state index is 13.7. The van der Waals surface area contributed by atoms with E-state index in [9.17, 15) is 20.0 Å². The highest BCUT2D eigenvalue weighted by molar-refractivity contribution is 6.18. The van der Waals surface area contributed by atoms with Gasteiger partial charge in [0, 0.05) is 18.4 Å². The molecule has 2 aliphatic heterocycles. The van der Waals surface area contributed by atoms with Crippen molar-refractivity contribution in [2.45, 2.75) is 44.8 Å². The number of ketones is 2. The normalized spacial score (nSPS) is 20.5. The number of aliphatic hydroxyl groups excluding tert-OH is 1. The highest BCUT2D eigenvalue weighted by atomic mass is 16.5. The van der Waals surface area contributed by atoms with E-state index < -0.39 is 17.6 Å². The Kier molecular flexibility index (Phi) is 5.65. The number of carbonyl (C=O) groups excluding carboxylic acids is 2. The fourth-order valence-corrected chi connectivity index (χ4v) is 4.74. The number of aliphatic hydroxyl groups is 1. The molecule has 0 aromatic heterocycles. The molecule has 4 rings (SSSR count). The second-order valence-corrected chi connectivity index (χ2v) is 8.40. The lowest BCUT2D eigenvalue weighted by Gasteiger charge is -2.45. The molecule has 2 aromatic carbocycles. The molecule has 2 aliphatic rings. The molecule has 2 N–H and O–H groups in total. The zero-order chi connectivity index (χ0) is 22.2. The Morgan fingerprint density at radius 3 is 2.68 bits per heavy atom. The summed E-state index contributed by atoms with van der Waals surface area (Å²) in [5.74, 6) is -1.11. The summed E-state index contributed by atoms with van der Waals surface area (Å²) < 4.78 is 6.36. The minimum Gasteiger partial charge on any atom is -0.485 e. The molecule has 6 heteroatoms. The van der Waals surface area contributed by atoms with Crippen LogP contribution in [0.3, 0.4) is 0 Å². The van der Waals surface area contributed by atoms with Gasteiger partial charge in [0.25, 0.3) is 0 Å². The molecule has 2 aromatic rings.